The number of carbonyl (C=O) groups excluding carboxylic acids is 1. The molecule has 7 nitrogen and oxygen atoms in total. The Hall–Kier alpha value is -1.83. The van der Waals surface area contributed by atoms with E-state index in [1.165, 1.54) is 5.56 Å². The van der Waals surface area contributed by atoms with Gasteiger partial charge >= 0.3 is 0 Å². The minimum absolute atomic E-state index is 0.0203. The lowest BCUT2D eigenvalue weighted by Gasteiger charge is -2.45. The van der Waals surface area contributed by atoms with E-state index in [9.17, 15) is 4.79 Å². The topological polar surface area (TPSA) is 63.3 Å². The highest BCUT2D eigenvalue weighted by Crippen LogP contribution is 2.28. The Labute approximate surface area is 161 Å². The first-order valence-corrected chi connectivity index (χ1v) is 9.56. The number of methoxy groups -OCH3 is 2. The number of amides is 1. The van der Waals surface area contributed by atoms with Crippen molar-refractivity contribution in [3.05, 3.63) is 23.8 Å². The summed E-state index contributed by atoms with van der Waals surface area (Å²) in [6, 6.07) is 6.03. The second kappa shape index (κ2) is 8.91. The lowest BCUT2D eigenvalue weighted by Crippen LogP contribution is -2.61. The number of piperazine rings is 1. The first-order valence-electron chi connectivity index (χ1n) is 9.56. The second-order valence-corrected chi connectivity index (χ2v) is 7.42. The average Bonchev–Trinajstić information content (AvgIpc) is 3.17. The predicted octanol–water partition coefficient (Wildman–Crippen LogP) is 1.12. The monoisotopic (exact) mass is 377 g/mol. The van der Waals surface area contributed by atoms with Crippen LogP contribution in [0.1, 0.15) is 18.9 Å². The van der Waals surface area contributed by atoms with Gasteiger partial charge in [0.1, 0.15) is 11.5 Å². The third-order valence-electron chi connectivity index (χ3n) is 5.61. The minimum atomic E-state index is -0.0586. The quantitative estimate of drug-likeness (QED) is 0.768. The largest absolute Gasteiger partial charge is 0.497 e. The second-order valence-electron chi connectivity index (χ2n) is 7.42. The summed E-state index contributed by atoms with van der Waals surface area (Å²) in [6.45, 7) is 8.50. The predicted molar refractivity (Wildman–Crippen MR) is 103 cm³/mol. The number of carbonyl (C=O) groups is 1. The minimum Gasteiger partial charge on any atom is -0.497 e. The first-order chi connectivity index (χ1) is 13.0. The van der Waals surface area contributed by atoms with Gasteiger partial charge in [-0.25, -0.2) is 0 Å². The van der Waals surface area contributed by atoms with Crippen molar-refractivity contribution in [3.63, 3.8) is 0 Å². The average molecular weight is 377 g/mol. The lowest BCUT2D eigenvalue weighted by atomic mass is 9.94. The van der Waals surface area contributed by atoms with Crippen molar-refractivity contribution in [3.8, 4) is 11.5 Å². The Morgan fingerprint density at radius 3 is 2.33 bits per heavy atom. The van der Waals surface area contributed by atoms with Gasteiger partial charge in [-0.05, 0) is 24.1 Å². The molecule has 1 unspecified atom stereocenters. The van der Waals surface area contributed by atoms with Gasteiger partial charge in [0, 0.05) is 58.9 Å². The van der Waals surface area contributed by atoms with Gasteiger partial charge in [-0.1, -0.05) is 0 Å². The molecule has 2 aliphatic heterocycles. The molecule has 0 aliphatic carbocycles. The van der Waals surface area contributed by atoms with Crippen LogP contribution >= 0.6 is 0 Å². The van der Waals surface area contributed by atoms with Crippen LogP contribution in [0.2, 0.25) is 0 Å². The van der Waals surface area contributed by atoms with E-state index >= 15 is 0 Å². The highest BCUT2D eigenvalue weighted by atomic mass is 16.5. The molecule has 3 rings (SSSR count). The van der Waals surface area contributed by atoms with Crippen molar-refractivity contribution in [1.29, 1.82) is 0 Å². The van der Waals surface area contributed by atoms with Crippen LogP contribution in [0.25, 0.3) is 0 Å². The van der Waals surface area contributed by atoms with E-state index < -0.39 is 0 Å². The van der Waals surface area contributed by atoms with Crippen LogP contribution in [-0.4, -0.2) is 81.4 Å². The maximum atomic E-state index is 11.4. The number of hydrogen-bond donors (Lipinski definition) is 1. The molecule has 0 radical (unpaired) electrons. The summed E-state index contributed by atoms with van der Waals surface area (Å²) in [4.78, 5) is 16.3. The van der Waals surface area contributed by atoms with E-state index in [-0.39, 0.29) is 11.4 Å². The molecule has 27 heavy (non-hydrogen) atoms. The van der Waals surface area contributed by atoms with Gasteiger partial charge in [0.05, 0.1) is 26.4 Å². The fraction of sp³-hybridized carbons (Fsp3) is 0.650. The van der Waals surface area contributed by atoms with Crippen LogP contribution in [0.15, 0.2) is 18.2 Å². The zero-order valence-electron chi connectivity index (χ0n) is 16.6. The molecule has 150 valence electrons. The number of ether oxygens (including phenoxy) is 3. The van der Waals surface area contributed by atoms with Crippen LogP contribution in [0.4, 0.5) is 0 Å². The molecule has 1 aromatic rings. The van der Waals surface area contributed by atoms with Crippen molar-refractivity contribution in [2.24, 2.45) is 0 Å². The van der Waals surface area contributed by atoms with Crippen LogP contribution in [0.3, 0.4) is 0 Å². The Bertz CT molecular complexity index is 616. The van der Waals surface area contributed by atoms with E-state index in [0.717, 1.165) is 57.3 Å². The van der Waals surface area contributed by atoms with E-state index in [1.807, 2.05) is 6.07 Å². The van der Waals surface area contributed by atoms with Crippen molar-refractivity contribution >= 4 is 5.91 Å². The standard InChI is InChI=1S/C20H31N3O4/c1-16(24)21-14-20(4-9-27-15-20)23-7-5-22(6-8-23)13-17-10-18(25-2)12-19(11-17)26-3/h10-12H,4-9,13-15H2,1-3H3,(H,21,24). The molecule has 0 spiro atoms. The maximum Gasteiger partial charge on any atom is 0.216 e. The van der Waals surface area contributed by atoms with Crippen LogP contribution < -0.4 is 14.8 Å². The molecule has 1 amide bonds. The van der Waals surface area contributed by atoms with Crippen molar-refractivity contribution in [2.45, 2.75) is 25.4 Å². The lowest BCUT2D eigenvalue weighted by molar-refractivity contribution is -0.119. The number of rotatable bonds is 7. The molecule has 0 saturated carbocycles. The summed E-state index contributed by atoms with van der Waals surface area (Å²) >= 11 is 0. The summed E-state index contributed by atoms with van der Waals surface area (Å²) < 4.78 is 16.4. The van der Waals surface area contributed by atoms with Crippen molar-refractivity contribution < 1.29 is 19.0 Å². The molecule has 1 N–H and O–H groups in total. The molecule has 2 aliphatic rings. The Morgan fingerprint density at radius 1 is 1.15 bits per heavy atom. The zero-order chi connectivity index (χ0) is 19.3. The SMILES string of the molecule is COc1cc(CN2CCN(C3(CNC(C)=O)CCOC3)CC2)cc(OC)c1. The van der Waals surface area contributed by atoms with E-state index in [1.54, 1.807) is 21.1 Å². The van der Waals surface area contributed by atoms with Crippen LogP contribution in [-0.2, 0) is 16.1 Å². The van der Waals surface area contributed by atoms with Gasteiger partial charge in [0.25, 0.3) is 0 Å². The molecule has 1 aromatic carbocycles. The molecule has 2 heterocycles. The van der Waals surface area contributed by atoms with Crippen LogP contribution in [0.5, 0.6) is 11.5 Å². The highest BCUT2D eigenvalue weighted by molar-refractivity contribution is 5.72. The Kier molecular flexibility index (Phi) is 6.57. The Balaban J connectivity index is 1.59. The van der Waals surface area contributed by atoms with Gasteiger partial charge < -0.3 is 19.5 Å². The van der Waals surface area contributed by atoms with Gasteiger partial charge in [0.15, 0.2) is 0 Å². The van der Waals surface area contributed by atoms with E-state index in [2.05, 4.69) is 27.2 Å². The van der Waals surface area contributed by atoms with Crippen molar-refractivity contribution in [2.75, 3.05) is 60.2 Å². The summed E-state index contributed by atoms with van der Waals surface area (Å²) in [7, 11) is 3.35. The van der Waals surface area contributed by atoms with Crippen molar-refractivity contribution in [1.82, 2.24) is 15.1 Å². The zero-order valence-corrected chi connectivity index (χ0v) is 16.6. The highest BCUT2D eigenvalue weighted by Gasteiger charge is 2.41. The molecule has 1 atom stereocenters. The molecule has 7 heteroatoms. The Morgan fingerprint density at radius 2 is 1.81 bits per heavy atom. The number of nitrogens with zero attached hydrogens (tertiary/aromatic N) is 2. The first kappa shape index (κ1) is 19.9. The van der Waals surface area contributed by atoms with Gasteiger partial charge in [-0.15, -0.1) is 0 Å². The van der Waals surface area contributed by atoms with Gasteiger partial charge in [-0.3, -0.25) is 14.6 Å². The molecular formula is C20H31N3O4. The van der Waals surface area contributed by atoms with E-state index in [4.69, 9.17) is 14.2 Å². The summed E-state index contributed by atoms with van der Waals surface area (Å²) in [5.41, 5.74) is 1.13. The molecular weight excluding hydrogens is 346 g/mol. The third kappa shape index (κ3) is 4.91. The number of benzene rings is 1. The maximum absolute atomic E-state index is 11.4. The van der Waals surface area contributed by atoms with Crippen LogP contribution in [0, 0.1) is 0 Å². The third-order valence-corrected chi connectivity index (χ3v) is 5.61. The fourth-order valence-corrected chi connectivity index (χ4v) is 3.98. The fourth-order valence-electron chi connectivity index (χ4n) is 3.98. The normalized spacial score (nSPS) is 24.0. The summed E-state index contributed by atoms with van der Waals surface area (Å²) in [5.74, 6) is 1.66. The number of hydrogen-bond acceptors (Lipinski definition) is 6. The molecule has 0 aromatic heterocycles. The van der Waals surface area contributed by atoms with Gasteiger partial charge in [-0.2, -0.15) is 0 Å². The summed E-state index contributed by atoms with van der Waals surface area (Å²) in [5, 5.41) is 3.00. The van der Waals surface area contributed by atoms with E-state index in [0.29, 0.717) is 13.2 Å². The smallest absolute Gasteiger partial charge is 0.216 e. The number of nitrogens with one attached hydrogen (secondary N) is 1. The molecule has 2 fully saturated rings. The summed E-state index contributed by atoms with van der Waals surface area (Å²) in [6.07, 6.45) is 0.973. The van der Waals surface area contributed by atoms with Gasteiger partial charge in [0.2, 0.25) is 5.91 Å². The molecule has 2 saturated heterocycles. The molecule has 0 bridgehead atoms.